The number of ether oxygens (including phenoxy) is 2. The van der Waals surface area contributed by atoms with Crippen LogP contribution in [0.2, 0.25) is 0 Å². The predicted molar refractivity (Wildman–Crippen MR) is 89.4 cm³/mol. The normalized spacial score (nSPS) is 21.8. The molecule has 2 aliphatic rings. The maximum absolute atomic E-state index is 12.9. The van der Waals surface area contributed by atoms with Crippen LogP contribution in [-0.4, -0.2) is 48.8 Å². The van der Waals surface area contributed by atoms with Crippen LogP contribution in [0.25, 0.3) is 0 Å². The van der Waals surface area contributed by atoms with Crippen LogP contribution >= 0.6 is 15.9 Å². The fourth-order valence-corrected chi connectivity index (χ4v) is 4.45. The molecule has 0 aromatic carbocycles. The molecule has 0 spiro atoms. The Labute approximate surface area is 151 Å². The smallest absolute Gasteiger partial charge is 0.345 e. The summed E-state index contributed by atoms with van der Waals surface area (Å²) in [5.74, 6) is -0.294. The van der Waals surface area contributed by atoms with E-state index in [1.807, 2.05) is 11.5 Å². The Hall–Kier alpha value is -1.48. The second-order valence-corrected chi connectivity index (χ2v) is 7.03. The molecule has 1 atom stereocenters. The molecule has 2 aliphatic heterocycles. The van der Waals surface area contributed by atoms with E-state index in [9.17, 15) is 18.4 Å². The highest BCUT2D eigenvalue weighted by molar-refractivity contribution is 9.10. The topological polar surface area (TPSA) is 60.8 Å². The number of methoxy groups -OCH3 is 1. The van der Waals surface area contributed by atoms with Gasteiger partial charge in [-0.15, -0.1) is 0 Å². The summed E-state index contributed by atoms with van der Waals surface area (Å²) in [7, 11) is 1.35. The molecule has 0 radical (unpaired) electrons. The molecule has 6 nitrogen and oxygen atoms in total. The summed E-state index contributed by atoms with van der Waals surface area (Å²) in [5.41, 5.74) is -0.0301. The summed E-state index contributed by atoms with van der Waals surface area (Å²) >= 11 is 3.32. The summed E-state index contributed by atoms with van der Waals surface area (Å²) in [6.45, 7) is -0.267. The molecule has 3 rings (SSSR count). The summed E-state index contributed by atoms with van der Waals surface area (Å²) in [4.78, 5) is 27.0. The van der Waals surface area contributed by atoms with Crippen LogP contribution in [0.15, 0.2) is 9.27 Å². The van der Waals surface area contributed by atoms with Crippen molar-refractivity contribution in [2.24, 2.45) is 0 Å². The van der Waals surface area contributed by atoms with Gasteiger partial charge in [0, 0.05) is 18.8 Å². The molecule has 0 saturated carbocycles. The van der Waals surface area contributed by atoms with Gasteiger partial charge < -0.3 is 18.9 Å². The summed E-state index contributed by atoms with van der Waals surface area (Å²) in [6, 6.07) is 0. The number of aromatic nitrogens is 1. The average molecular weight is 421 g/mol. The molecule has 0 saturated heterocycles. The van der Waals surface area contributed by atoms with Crippen molar-refractivity contribution in [3.8, 4) is 5.75 Å². The van der Waals surface area contributed by atoms with Gasteiger partial charge in [0.1, 0.15) is 0 Å². The highest BCUT2D eigenvalue weighted by Crippen LogP contribution is 2.44. The van der Waals surface area contributed by atoms with Gasteiger partial charge in [-0.2, -0.15) is 8.78 Å². The fourth-order valence-electron chi connectivity index (χ4n) is 3.90. The van der Waals surface area contributed by atoms with Gasteiger partial charge >= 0.3 is 6.61 Å². The average Bonchev–Trinajstić information content (AvgIpc) is 2.94. The number of pyridine rings is 1. The van der Waals surface area contributed by atoms with E-state index >= 15 is 0 Å². The molecule has 0 aliphatic carbocycles. The van der Waals surface area contributed by atoms with Crippen molar-refractivity contribution in [2.45, 2.75) is 38.3 Å². The van der Waals surface area contributed by atoms with Gasteiger partial charge in [-0.05, 0) is 42.1 Å². The molecule has 1 aromatic rings. The van der Waals surface area contributed by atoms with Crippen LogP contribution in [0.5, 0.6) is 5.75 Å². The van der Waals surface area contributed by atoms with Crippen molar-refractivity contribution in [3.63, 3.8) is 0 Å². The van der Waals surface area contributed by atoms with Crippen LogP contribution in [-0.2, 0) is 16.7 Å². The number of amides is 1. The number of carbonyl (C=O) groups is 1. The van der Waals surface area contributed by atoms with Crippen LogP contribution < -0.4 is 10.2 Å². The second-order valence-electron chi connectivity index (χ2n) is 6.23. The zero-order valence-electron chi connectivity index (χ0n) is 14.0. The zero-order chi connectivity index (χ0) is 18.4. The van der Waals surface area contributed by atoms with Gasteiger partial charge in [0.25, 0.3) is 5.91 Å². The molecule has 1 amide bonds. The van der Waals surface area contributed by atoms with E-state index in [4.69, 9.17) is 4.74 Å². The van der Waals surface area contributed by atoms with Gasteiger partial charge in [-0.1, -0.05) is 0 Å². The maximum atomic E-state index is 12.9. The first-order valence-corrected chi connectivity index (χ1v) is 8.86. The second kappa shape index (κ2) is 6.68. The van der Waals surface area contributed by atoms with E-state index in [1.165, 1.54) is 7.11 Å². The number of hydrogen-bond acceptors (Lipinski definition) is 4. The minimum atomic E-state index is -2.83. The minimum absolute atomic E-state index is 0.0140. The Bertz CT molecular complexity index is 767. The van der Waals surface area contributed by atoms with E-state index in [1.54, 1.807) is 4.90 Å². The van der Waals surface area contributed by atoms with Crippen molar-refractivity contribution >= 4 is 21.8 Å². The van der Waals surface area contributed by atoms with Crippen LogP contribution in [0, 0.1) is 0 Å². The number of likely N-dealkylation sites (N-methyl/N-ethyl adjacent to an activating group) is 1. The van der Waals surface area contributed by atoms with Crippen molar-refractivity contribution in [2.75, 3.05) is 26.8 Å². The van der Waals surface area contributed by atoms with Crippen molar-refractivity contribution < 1.29 is 23.0 Å². The quantitative estimate of drug-likeness (QED) is 0.708. The Morgan fingerprint density at radius 1 is 1.36 bits per heavy atom. The van der Waals surface area contributed by atoms with Gasteiger partial charge in [-0.3, -0.25) is 9.59 Å². The molecule has 0 fully saturated rings. The van der Waals surface area contributed by atoms with E-state index in [-0.39, 0.29) is 29.4 Å². The Morgan fingerprint density at radius 3 is 2.68 bits per heavy atom. The molecule has 25 heavy (non-hydrogen) atoms. The third-order valence-corrected chi connectivity index (χ3v) is 5.86. The lowest BCUT2D eigenvalue weighted by Gasteiger charge is -2.43. The Morgan fingerprint density at radius 2 is 2.08 bits per heavy atom. The lowest BCUT2D eigenvalue weighted by atomic mass is 9.89. The lowest BCUT2D eigenvalue weighted by molar-refractivity contribution is -0.134. The molecular weight excluding hydrogens is 402 g/mol. The maximum Gasteiger partial charge on any atom is 0.345 e. The van der Waals surface area contributed by atoms with Crippen LogP contribution in [0.4, 0.5) is 8.78 Å². The molecule has 1 unspecified atom stereocenters. The SMILES string of the molecule is CCN1CC2(CCOC(F)F)CCc3c(Br)c(=O)c(OC)c(n32)C1=O. The first-order chi connectivity index (χ1) is 11.9. The first-order valence-electron chi connectivity index (χ1n) is 8.07. The van der Waals surface area contributed by atoms with Crippen molar-refractivity contribution in [1.29, 1.82) is 0 Å². The summed E-state index contributed by atoms with van der Waals surface area (Å²) in [6.07, 6.45) is 1.54. The number of nitrogens with zero attached hydrogens (tertiary/aromatic N) is 2. The van der Waals surface area contributed by atoms with Crippen LogP contribution in [0.3, 0.4) is 0 Å². The number of halogens is 3. The third-order valence-electron chi connectivity index (χ3n) is 5.04. The van der Waals surface area contributed by atoms with Gasteiger partial charge in [0.2, 0.25) is 5.43 Å². The van der Waals surface area contributed by atoms with Gasteiger partial charge in [0.05, 0.1) is 23.7 Å². The van der Waals surface area contributed by atoms with Crippen molar-refractivity contribution in [1.82, 2.24) is 9.47 Å². The number of hydrogen-bond donors (Lipinski definition) is 0. The van der Waals surface area contributed by atoms with E-state index in [0.717, 1.165) is 0 Å². The standard InChI is InChI=1S/C16H19BrF2N2O4/c1-3-20-8-16(6-7-25-15(18)19)5-4-9-10(17)12(22)13(24-2)11(14(20)23)21(9)16/h15H,3-8H2,1-2H3. The largest absolute Gasteiger partial charge is 0.491 e. The van der Waals surface area contributed by atoms with Crippen molar-refractivity contribution in [3.05, 3.63) is 26.1 Å². The molecule has 0 bridgehead atoms. The number of rotatable bonds is 6. The number of carbonyl (C=O) groups excluding carboxylic acids is 1. The molecule has 9 heteroatoms. The van der Waals surface area contributed by atoms with Gasteiger partial charge in [0.15, 0.2) is 11.4 Å². The van der Waals surface area contributed by atoms with Gasteiger partial charge in [-0.25, -0.2) is 0 Å². The molecule has 3 heterocycles. The summed E-state index contributed by atoms with van der Waals surface area (Å²) < 4.78 is 36.7. The molecule has 138 valence electrons. The Kier molecular flexibility index (Phi) is 4.89. The van der Waals surface area contributed by atoms with E-state index in [2.05, 4.69) is 20.7 Å². The van der Waals surface area contributed by atoms with E-state index < -0.39 is 12.2 Å². The highest BCUT2D eigenvalue weighted by Gasteiger charge is 2.49. The first kappa shape index (κ1) is 18.3. The zero-order valence-corrected chi connectivity index (χ0v) is 15.6. The predicted octanol–water partition coefficient (Wildman–Crippen LogP) is 2.37. The minimum Gasteiger partial charge on any atom is -0.491 e. The lowest BCUT2D eigenvalue weighted by Crippen LogP contribution is -2.53. The monoisotopic (exact) mass is 420 g/mol. The molecule has 1 aromatic heterocycles. The fraction of sp³-hybridized carbons (Fsp3) is 0.625. The third kappa shape index (κ3) is 2.77. The molecule has 0 N–H and O–H groups in total. The Balaban J connectivity index is 2.18. The molecular formula is C16H19BrF2N2O4. The van der Waals surface area contributed by atoms with Crippen LogP contribution in [0.1, 0.15) is 35.9 Å². The van der Waals surface area contributed by atoms with E-state index in [0.29, 0.717) is 42.5 Å². The highest BCUT2D eigenvalue weighted by atomic mass is 79.9. The summed E-state index contributed by atoms with van der Waals surface area (Å²) in [5, 5.41) is 0. The number of alkyl halides is 2.